The van der Waals surface area contributed by atoms with Gasteiger partial charge in [0, 0.05) is 13.1 Å². The Morgan fingerprint density at radius 1 is 1.24 bits per heavy atom. The Morgan fingerprint density at radius 2 is 2.00 bits per heavy atom. The van der Waals surface area contributed by atoms with Gasteiger partial charge in [-0.1, -0.05) is 12.1 Å². The molecule has 0 spiro atoms. The fourth-order valence-corrected chi connectivity index (χ4v) is 1.75. The van der Waals surface area contributed by atoms with Gasteiger partial charge >= 0.3 is 0 Å². The number of hydrogen-bond acceptors (Lipinski definition) is 4. The topological polar surface area (TPSA) is 63.0 Å². The van der Waals surface area contributed by atoms with Crippen LogP contribution in [0.25, 0.3) is 11.4 Å². The van der Waals surface area contributed by atoms with Gasteiger partial charge in [-0.3, -0.25) is 4.57 Å². The Bertz CT molecular complexity index is 507. The van der Waals surface area contributed by atoms with Crippen molar-refractivity contribution in [1.29, 1.82) is 0 Å². The first-order valence-electron chi connectivity index (χ1n) is 5.73. The third-order valence-corrected chi connectivity index (χ3v) is 2.55. The molecule has 5 nitrogen and oxygen atoms in total. The molecule has 2 N–H and O–H groups in total. The van der Waals surface area contributed by atoms with E-state index in [0.29, 0.717) is 11.4 Å². The smallest absolute Gasteiger partial charge is 0.224 e. The molecule has 0 amide bonds. The number of anilines is 1. The average Bonchev–Trinajstić information content (AvgIpc) is 2.73. The van der Waals surface area contributed by atoms with Crippen molar-refractivity contribution >= 4 is 5.95 Å². The van der Waals surface area contributed by atoms with E-state index < -0.39 is 0 Å². The van der Waals surface area contributed by atoms with Crippen LogP contribution in [0.2, 0.25) is 0 Å². The van der Waals surface area contributed by atoms with Crippen LogP contribution < -0.4 is 5.32 Å². The lowest BCUT2D eigenvalue weighted by Crippen LogP contribution is -2.06. The van der Waals surface area contributed by atoms with Gasteiger partial charge in [0.05, 0.1) is 5.56 Å². The van der Waals surface area contributed by atoms with Crippen LogP contribution in [-0.2, 0) is 6.54 Å². The van der Waals surface area contributed by atoms with Crippen LogP contribution in [-0.4, -0.2) is 26.4 Å². The molecule has 1 heterocycles. The summed E-state index contributed by atoms with van der Waals surface area (Å²) in [6.45, 7) is 5.57. The third kappa shape index (κ3) is 2.08. The largest absolute Gasteiger partial charge is 0.507 e. The molecule has 17 heavy (non-hydrogen) atoms. The first-order chi connectivity index (χ1) is 8.27. The molecular weight excluding hydrogens is 216 g/mol. The molecule has 5 heteroatoms. The molecule has 90 valence electrons. The first kappa shape index (κ1) is 11.4. The predicted molar refractivity (Wildman–Crippen MR) is 67.0 cm³/mol. The minimum Gasteiger partial charge on any atom is -0.507 e. The van der Waals surface area contributed by atoms with Gasteiger partial charge in [0.2, 0.25) is 5.95 Å². The Balaban J connectivity index is 2.49. The fourth-order valence-electron chi connectivity index (χ4n) is 1.75. The highest BCUT2D eigenvalue weighted by Crippen LogP contribution is 2.28. The van der Waals surface area contributed by atoms with Gasteiger partial charge in [-0.05, 0) is 26.0 Å². The highest BCUT2D eigenvalue weighted by molar-refractivity contribution is 5.64. The van der Waals surface area contributed by atoms with Crippen molar-refractivity contribution in [3.8, 4) is 17.1 Å². The number of phenolic OH excluding ortho intramolecular Hbond substituents is 1. The highest BCUT2D eigenvalue weighted by atomic mass is 16.3. The molecule has 0 aliphatic carbocycles. The van der Waals surface area contributed by atoms with Crippen LogP contribution in [0.1, 0.15) is 13.8 Å². The van der Waals surface area contributed by atoms with Gasteiger partial charge < -0.3 is 10.4 Å². The number of aromatic hydroxyl groups is 1. The van der Waals surface area contributed by atoms with Crippen molar-refractivity contribution in [3.05, 3.63) is 24.3 Å². The number of hydrogen-bond donors (Lipinski definition) is 2. The third-order valence-electron chi connectivity index (χ3n) is 2.55. The van der Waals surface area contributed by atoms with Crippen LogP contribution in [0.3, 0.4) is 0 Å². The van der Waals surface area contributed by atoms with E-state index in [1.165, 1.54) is 0 Å². The van der Waals surface area contributed by atoms with Crippen molar-refractivity contribution < 1.29 is 5.11 Å². The second kappa shape index (κ2) is 4.86. The van der Waals surface area contributed by atoms with E-state index in [0.717, 1.165) is 19.0 Å². The number of aromatic nitrogens is 3. The zero-order chi connectivity index (χ0) is 12.3. The van der Waals surface area contributed by atoms with Crippen molar-refractivity contribution in [2.75, 3.05) is 11.9 Å². The number of rotatable bonds is 4. The van der Waals surface area contributed by atoms with E-state index >= 15 is 0 Å². The monoisotopic (exact) mass is 232 g/mol. The second-order valence-corrected chi connectivity index (χ2v) is 3.64. The Morgan fingerprint density at radius 3 is 2.65 bits per heavy atom. The Labute approximate surface area is 100 Å². The van der Waals surface area contributed by atoms with E-state index in [1.807, 2.05) is 30.5 Å². The van der Waals surface area contributed by atoms with Crippen molar-refractivity contribution in [3.63, 3.8) is 0 Å². The zero-order valence-corrected chi connectivity index (χ0v) is 10.0. The molecule has 1 aromatic heterocycles. The summed E-state index contributed by atoms with van der Waals surface area (Å²) in [5, 5.41) is 21.2. The lowest BCUT2D eigenvalue weighted by Gasteiger charge is -2.08. The molecule has 0 radical (unpaired) electrons. The molecular formula is C12H16N4O. The lowest BCUT2D eigenvalue weighted by molar-refractivity contribution is 0.476. The van der Waals surface area contributed by atoms with Gasteiger partial charge in [0.15, 0.2) is 5.82 Å². The van der Waals surface area contributed by atoms with Crippen LogP contribution >= 0.6 is 0 Å². The quantitative estimate of drug-likeness (QED) is 0.847. The summed E-state index contributed by atoms with van der Waals surface area (Å²) in [5.74, 6) is 1.63. The van der Waals surface area contributed by atoms with E-state index in [2.05, 4.69) is 15.5 Å². The van der Waals surface area contributed by atoms with Crippen LogP contribution in [0, 0.1) is 0 Å². The molecule has 0 aliphatic rings. The number of para-hydroxylation sites is 1. The summed E-state index contributed by atoms with van der Waals surface area (Å²) in [7, 11) is 0. The normalized spacial score (nSPS) is 10.5. The Kier molecular flexibility index (Phi) is 3.27. The maximum Gasteiger partial charge on any atom is 0.224 e. The van der Waals surface area contributed by atoms with Crippen molar-refractivity contribution in [1.82, 2.24) is 14.8 Å². The molecule has 0 atom stereocenters. The summed E-state index contributed by atoms with van der Waals surface area (Å²) in [6, 6.07) is 7.14. The molecule has 2 rings (SSSR count). The second-order valence-electron chi connectivity index (χ2n) is 3.64. The summed E-state index contributed by atoms with van der Waals surface area (Å²) in [4.78, 5) is 0. The standard InChI is InChI=1S/C12H16N4O/c1-3-13-12-15-14-11(16(12)4-2)9-7-5-6-8-10(9)17/h5-8,17H,3-4H2,1-2H3,(H,13,15). The molecule has 1 aromatic carbocycles. The van der Waals surface area contributed by atoms with E-state index in [-0.39, 0.29) is 5.75 Å². The van der Waals surface area contributed by atoms with E-state index in [4.69, 9.17) is 0 Å². The summed E-state index contributed by atoms with van der Waals surface area (Å²) >= 11 is 0. The summed E-state index contributed by atoms with van der Waals surface area (Å²) in [5.41, 5.74) is 0.700. The van der Waals surface area contributed by atoms with Gasteiger partial charge in [0.25, 0.3) is 0 Å². The lowest BCUT2D eigenvalue weighted by atomic mass is 10.2. The average molecular weight is 232 g/mol. The van der Waals surface area contributed by atoms with Crippen molar-refractivity contribution in [2.45, 2.75) is 20.4 Å². The fraction of sp³-hybridized carbons (Fsp3) is 0.333. The molecule has 0 saturated carbocycles. The minimum absolute atomic E-state index is 0.220. The summed E-state index contributed by atoms with van der Waals surface area (Å²) < 4.78 is 1.94. The van der Waals surface area contributed by atoms with Crippen LogP contribution in [0.4, 0.5) is 5.95 Å². The maximum atomic E-state index is 9.82. The van der Waals surface area contributed by atoms with E-state index in [1.54, 1.807) is 12.1 Å². The van der Waals surface area contributed by atoms with Crippen LogP contribution in [0.5, 0.6) is 5.75 Å². The number of nitrogens with zero attached hydrogens (tertiary/aromatic N) is 3. The zero-order valence-electron chi connectivity index (χ0n) is 10.0. The van der Waals surface area contributed by atoms with Gasteiger partial charge in [-0.15, -0.1) is 10.2 Å². The summed E-state index contributed by atoms with van der Waals surface area (Å²) in [6.07, 6.45) is 0. The molecule has 0 bridgehead atoms. The minimum atomic E-state index is 0.220. The number of benzene rings is 1. The molecule has 0 aliphatic heterocycles. The van der Waals surface area contributed by atoms with E-state index in [9.17, 15) is 5.11 Å². The van der Waals surface area contributed by atoms with Crippen LogP contribution in [0.15, 0.2) is 24.3 Å². The van der Waals surface area contributed by atoms with Gasteiger partial charge in [-0.25, -0.2) is 0 Å². The van der Waals surface area contributed by atoms with Gasteiger partial charge in [-0.2, -0.15) is 0 Å². The number of nitrogens with one attached hydrogen (secondary N) is 1. The molecule has 0 saturated heterocycles. The molecule has 0 unspecified atom stereocenters. The predicted octanol–water partition coefficient (Wildman–Crippen LogP) is 2.10. The van der Waals surface area contributed by atoms with Gasteiger partial charge in [0.1, 0.15) is 5.75 Å². The van der Waals surface area contributed by atoms with Crippen molar-refractivity contribution in [2.24, 2.45) is 0 Å². The highest BCUT2D eigenvalue weighted by Gasteiger charge is 2.14. The Hall–Kier alpha value is -2.04. The SMILES string of the molecule is CCNc1nnc(-c2ccccc2O)n1CC. The first-order valence-corrected chi connectivity index (χ1v) is 5.73. The molecule has 0 fully saturated rings. The molecule has 2 aromatic rings. The maximum absolute atomic E-state index is 9.82. The number of phenols is 1.